The average molecular weight is 494 g/mol. The lowest BCUT2D eigenvalue weighted by Crippen LogP contribution is -2.51. The van der Waals surface area contributed by atoms with Crippen LogP contribution in [0.25, 0.3) is 0 Å². The summed E-state index contributed by atoms with van der Waals surface area (Å²) in [7, 11) is 1.62. The first-order valence-corrected chi connectivity index (χ1v) is 12.6. The Kier molecular flexibility index (Phi) is 8.33. The molecule has 0 atom stereocenters. The lowest BCUT2D eigenvalue weighted by Gasteiger charge is -2.35. The molecule has 2 amide bonds. The molecule has 1 saturated heterocycles. The fraction of sp³-hybridized carbons (Fsp3) is 0.346. The molecule has 1 fully saturated rings. The van der Waals surface area contributed by atoms with E-state index in [-0.39, 0.29) is 18.4 Å². The minimum Gasteiger partial charge on any atom is -0.497 e. The highest BCUT2D eigenvalue weighted by Gasteiger charge is 2.26. The molecule has 4 rings (SSSR count). The van der Waals surface area contributed by atoms with Crippen LogP contribution in [0.4, 0.5) is 10.8 Å². The van der Waals surface area contributed by atoms with Crippen molar-refractivity contribution in [2.45, 2.75) is 13.5 Å². The average Bonchev–Trinajstić information content (AvgIpc) is 3.37. The van der Waals surface area contributed by atoms with Gasteiger partial charge in [-0.25, -0.2) is 4.98 Å². The molecule has 0 aliphatic carbocycles. The molecule has 0 unspecified atom stereocenters. The van der Waals surface area contributed by atoms with Crippen LogP contribution in [0.2, 0.25) is 0 Å². The standard InChI is InChI=1S/C26H31N5O3S/c1-3-29-12-14-30(15-13-29)24(32)18-31(17-20-8-5-4-6-9-20)25(33)23-19-35-26(28-23)27-21-10-7-11-22(16-21)34-2/h4-11,16,19H,3,12-15,17-18H2,1-2H3,(H,27,28). The highest BCUT2D eigenvalue weighted by Crippen LogP contribution is 2.24. The number of likely N-dealkylation sites (N-methyl/N-ethyl adjacent to an activating group) is 1. The van der Waals surface area contributed by atoms with Crippen LogP contribution >= 0.6 is 11.3 Å². The Morgan fingerprint density at radius 2 is 1.86 bits per heavy atom. The van der Waals surface area contributed by atoms with E-state index in [1.807, 2.05) is 59.5 Å². The Hall–Kier alpha value is -3.43. The number of anilines is 2. The fourth-order valence-electron chi connectivity index (χ4n) is 4.00. The van der Waals surface area contributed by atoms with Crippen molar-refractivity contribution in [3.8, 4) is 5.75 Å². The smallest absolute Gasteiger partial charge is 0.274 e. The number of nitrogens with one attached hydrogen (secondary N) is 1. The van der Waals surface area contributed by atoms with Crippen molar-refractivity contribution in [3.05, 3.63) is 71.2 Å². The van der Waals surface area contributed by atoms with Crippen LogP contribution in [0.15, 0.2) is 60.0 Å². The molecule has 1 aliphatic rings. The lowest BCUT2D eigenvalue weighted by molar-refractivity contribution is -0.133. The monoisotopic (exact) mass is 493 g/mol. The predicted octanol–water partition coefficient (Wildman–Crippen LogP) is 3.70. The molecule has 0 radical (unpaired) electrons. The van der Waals surface area contributed by atoms with Gasteiger partial charge in [0.2, 0.25) is 5.91 Å². The number of amides is 2. The van der Waals surface area contributed by atoms with Crippen molar-refractivity contribution in [2.75, 3.05) is 51.7 Å². The molecular formula is C26H31N5O3S. The second-order valence-electron chi connectivity index (χ2n) is 8.36. The number of thiazole rings is 1. The van der Waals surface area contributed by atoms with Crippen LogP contribution < -0.4 is 10.1 Å². The minimum atomic E-state index is -0.260. The van der Waals surface area contributed by atoms with Gasteiger partial charge in [-0.2, -0.15) is 0 Å². The van der Waals surface area contributed by atoms with Crippen LogP contribution in [-0.4, -0.2) is 77.9 Å². The number of nitrogens with zero attached hydrogens (tertiary/aromatic N) is 4. The molecule has 2 heterocycles. The summed E-state index contributed by atoms with van der Waals surface area (Å²) < 4.78 is 5.27. The summed E-state index contributed by atoms with van der Waals surface area (Å²) in [6.45, 7) is 6.57. The summed E-state index contributed by atoms with van der Waals surface area (Å²) in [5.41, 5.74) is 2.11. The molecule has 1 N–H and O–H groups in total. The number of hydrogen-bond acceptors (Lipinski definition) is 7. The molecule has 35 heavy (non-hydrogen) atoms. The molecule has 9 heteroatoms. The number of carbonyl (C=O) groups excluding carboxylic acids is 2. The van der Waals surface area contributed by atoms with Crippen molar-refractivity contribution in [3.63, 3.8) is 0 Å². The van der Waals surface area contributed by atoms with Gasteiger partial charge in [-0.15, -0.1) is 11.3 Å². The van der Waals surface area contributed by atoms with E-state index in [0.29, 0.717) is 30.5 Å². The van der Waals surface area contributed by atoms with Crippen molar-refractivity contribution in [1.29, 1.82) is 0 Å². The van der Waals surface area contributed by atoms with E-state index in [0.717, 1.165) is 36.6 Å². The second kappa shape index (κ2) is 11.8. The largest absolute Gasteiger partial charge is 0.497 e. The summed E-state index contributed by atoms with van der Waals surface area (Å²) in [5.74, 6) is 0.439. The normalized spacial score (nSPS) is 13.9. The number of aromatic nitrogens is 1. The number of rotatable bonds is 9. The third-order valence-electron chi connectivity index (χ3n) is 6.05. The maximum Gasteiger partial charge on any atom is 0.274 e. The second-order valence-corrected chi connectivity index (χ2v) is 9.21. The van der Waals surface area contributed by atoms with Crippen LogP contribution in [0.1, 0.15) is 23.0 Å². The summed E-state index contributed by atoms with van der Waals surface area (Å²) in [4.78, 5) is 36.9. The van der Waals surface area contributed by atoms with Gasteiger partial charge in [0.25, 0.3) is 5.91 Å². The number of ether oxygens (including phenoxy) is 1. The highest BCUT2D eigenvalue weighted by atomic mass is 32.1. The molecule has 184 valence electrons. The Bertz CT molecular complexity index is 1130. The van der Waals surface area contributed by atoms with Gasteiger partial charge >= 0.3 is 0 Å². The number of methoxy groups -OCH3 is 1. The van der Waals surface area contributed by atoms with E-state index in [1.54, 1.807) is 17.4 Å². The number of piperazine rings is 1. The summed E-state index contributed by atoms with van der Waals surface area (Å²) in [6.07, 6.45) is 0. The Morgan fingerprint density at radius 1 is 1.09 bits per heavy atom. The summed E-state index contributed by atoms with van der Waals surface area (Å²) in [5, 5.41) is 5.55. The zero-order valence-electron chi connectivity index (χ0n) is 20.1. The van der Waals surface area contributed by atoms with E-state index < -0.39 is 0 Å². The van der Waals surface area contributed by atoms with Crippen LogP contribution in [0, 0.1) is 0 Å². The fourth-order valence-corrected chi connectivity index (χ4v) is 4.70. The SMILES string of the molecule is CCN1CCN(C(=O)CN(Cc2ccccc2)C(=O)c2csc(Nc3cccc(OC)c3)n2)CC1. The molecule has 2 aromatic carbocycles. The van der Waals surface area contributed by atoms with E-state index in [9.17, 15) is 9.59 Å². The zero-order valence-corrected chi connectivity index (χ0v) is 21.0. The van der Waals surface area contributed by atoms with Gasteiger partial charge in [0.05, 0.1) is 7.11 Å². The van der Waals surface area contributed by atoms with Crippen LogP contribution in [-0.2, 0) is 11.3 Å². The van der Waals surface area contributed by atoms with Crippen molar-refractivity contribution in [1.82, 2.24) is 19.7 Å². The van der Waals surface area contributed by atoms with Crippen molar-refractivity contribution >= 4 is 34.0 Å². The van der Waals surface area contributed by atoms with E-state index in [1.165, 1.54) is 11.3 Å². The third kappa shape index (κ3) is 6.58. The third-order valence-corrected chi connectivity index (χ3v) is 6.80. The molecule has 0 saturated carbocycles. The van der Waals surface area contributed by atoms with E-state index >= 15 is 0 Å². The van der Waals surface area contributed by atoms with Gasteiger partial charge in [-0.05, 0) is 24.2 Å². The first-order valence-electron chi connectivity index (χ1n) is 11.8. The van der Waals surface area contributed by atoms with Gasteiger partial charge in [0, 0.05) is 49.9 Å². The van der Waals surface area contributed by atoms with Crippen molar-refractivity contribution < 1.29 is 14.3 Å². The first kappa shape index (κ1) is 24.7. The molecular weight excluding hydrogens is 462 g/mol. The first-order chi connectivity index (χ1) is 17.1. The summed E-state index contributed by atoms with van der Waals surface area (Å²) in [6, 6.07) is 17.2. The van der Waals surface area contributed by atoms with Crippen LogP contribution in [0.3, 0.4) is 0 Å². The Morgan fingerprint density at radius 3 is 2.57 bits per heavy atom. The van der Waals surface area contributed by atoms with Gasteiger partial charge in [0.1, 0.15) is 18.0 Å². The molecule has 1 aromatic heterocycles. The zero-order chi connectivity index (χ0) is 24.6. The van der Waals surface area contributed by atoms with Gasteiger partial charge < -0.3 is 24.8 Å². The Balaban J connectivity index is 1.47. The van der Waals surface area contributed by atoms with E-state index in [4.69, 9.17) is 4.74 Å². The highest BCUT2D eigenvalue weighted by molar-refractivity contribution is 7.14. The molecule has 1 aliphatic heterocycles. The topological polar surface area (TPSA) is 78.0 Å². The number of hydrogen-bond donors (Lipinski definition) is 1. The van der Waals surface area contributed by atoms with Crippen molar-refractivity contribution in [2.24, 2.45) is 0 Å². The summed E-state index contributed by atoms with van der Waals surface area (Å²) >= 11 is 1.35. The molecule has 0 spiro atoms. The molecule has 3 aromatic rings. The maximum atomic E-state index is 13.5. The number of benzene rings is 2. The number of carbonyl (C=O) groups is 2. The Labute approximate surface area is 210 Å². The lowest BCUT2D eigenvalue weighted by atomic mass is 10.2. The minimum absolute atomic E-state index is 0.0238. The molecule has 8 nitrogen and oxygen atoms in total. The molecule has 0 bridgehead atoms. The van der Waals surface area contributed by atoms with Gasteiger partial charge in [0.15, 0.2) is 5.13 Å². The van der Waals surface area contributed by atoms with Gasteiger partial charge in [-0.1, -0.05) is 43.3 Å². The van der Waals surface area contributed by atoms with Gasteiger partial charge in [-0.3, -0.25) is 9.59 Å². The maximum absolute atomic E-state index is 13.5. The van der Waals surface area contributed by atoms with Crippen LogP contribution in [0.5, 0.6) is 5.75 Å². The van der Waals surface area contributed by atoms with E-state index in [2.05, 4.69) is 22.1 Å². The quantitative estimate of drug-likeness (QED) is 0.490. The predicted molar refractivity (Wildman–Crippen MR) is 138 cm³/mol.